The topological polar surface area (TPSA) is 80.2 Å². The Bertz CT molecular complexity index is 1680. The van der Waals surface area contributed by atoms with Crippen molar-refractivity contribution in [3.63, 3.8) is 0 Å². The number of nitrogens with zero attached hydrogens (tertiary/aromatic N) is 1. The van der Waals surface area contributed by atoms with Gasteiger partial charge in [0.15, 0.2) is 0 Å². The summed E-state index contributed by atoms with van der Waals surface area (Å²) in [6, 6.07) is 26.4. The second-order valence-corrected chi connectivity index (χ2v) is 10.5. The van der Waals surface area contributed by atoms with Crippen LogP contribution < -0.4 is 10.0 Å². The van der Waals surface area contributed by atoms with E-state index in [-0.39, 0.29) is 11.3 Å². The molecule has 4 aromatic carbocycles. The average Bonchev–Trinajstić information content (AvgIpc) is 3.22. The zero-order valence-electron chi connectivity index (χ0n) is 20.2. The minimum Gasteiger partial charge on any atom is -0.341 e. The molecule has 0 aliphatic heterocycles. The molecule has 0 saturated carbocycles. The molecule has 1 heterocycles. The molecule has 0 bridgehead atoms. The molecule has 0 aliphatic rings. The Labute approximate surface area is 214 Å². The van der Waals surface area contributed by atoms with E-state index in [1.54, 1.807) is 0 Å². The number of carbonyl (C=O) groups excluding carboxylic acids is 1. The molecule has 8 heteroatoms. The van der Waals surface area contributed by atoms with E-state index < -0.39 is 27.8 Å². The minimum atomic E-state index is -4.08. The van der Waals surface area contributed by atoms with Crippen LogP contribution in [0.4, 0.5) is 10.1 Å². The average molecular weight is 516 g/mol. The number of carbonyl (C=O) groups is 1. The second-order valence-electron chi connectivity index (χ2n) is 8.80. The first-order chi connectivity index (χ1) is 17.9. The summed E-state index contributed by atoms with van der Waals surface area (Å²) in [5.41, 5.74) is 3.53. The van der Waals surface area contributed by atoms with Crippen LogP contribution in [0, 0.1) is 5.82 Å². The van der Waals surface area contributed by atoms with Crippen molar-refractivity contribution in [1.29, 1.82) is 0 Å². The Morgan fingerprint density at radius 1 is 0.865 bits per heavy atom. The lowest BCUT2D eigenvalue weighted by molar-refractivity contribution is -0.117. The third-order valence-corrected chi connectivity index (χ3v) is 7.86. The Morgan fingerprint density at radius 2 is 1.54 bits per heavy atom. The Kier molecular flexibility index (Phi) is 6.78. The molecule has 0 radical (unpaired) electrons. The number of benzene rings is 4. The fraction of sp³-hybridized carbons (Fsp3) is 0.138. The van der Waals surface area contributed by atoms with Gasteiger partial charge in [0.1, 0.15) is 11.9 Å². The summed E-state index contributed by atoms with van der Waals surface area (Å²) >= 11 is 0. The summed E-state index contributed by atoms with van der Waals surface area (Å²) in [4.78, 5) is 13.3. The number of amides is 1. The van der Waals surface area contributed by atoms with Gasteiger partial charge in [0.25, 0.3) is 0 Å². The van der Waals surface area contributed by atoms with Gasteiger partial charge in [-0.15, -0.1) is 0 Å². The molecule has 1 aromatic heterocycles. The van der Waals surface area contributed by atoms with Crippen molar-refractivity contribution in [3.05, 3.63) is 108 Å². The maximum atomic E-state index is 13.4. The molecule has 0 spiro atoms. The molecule has 0 saturated heterocycles. The molecule has 6 nitrogen and oxygen atoms in total. The first-order valence-corrected chi connectivity index (χ1v) is 13.5. The number of hydrogen-bond acceptors (Lipinski definition) is 3. The summed E-state index contributed by atoms with van der Waals surface area (Å²) in [7, 11) is -4.08. The first-order valence-electron chi connectivity index (χ1n) is 12.0. The van der Waals surface area contributed by atoms with Gasteiger partial charge in [0, 0.05) is 34.0 Å². The molecule has 0 fully saturated rings. The number of aromatic nitrogens is 1. The van der Waals surface area contributed by atoms with Crippen LogP contribution in [0.15, 0.2) is 102 Å². The molecule has 1 atom stereocenters. The van der Waals surface area contributed by atoms with Gasteiger partial charge < -0.3 is 9.88 Å². The van der Waals surface area contributed by atoms with Crippen molar-refractivity contribution < 1.29 is 17.6 Å². The lowest BCUT2D eigenvalue weighted by atomic mass is 10.1. The van der Waals surface area contributed by atoms with Crippen LogP contribution in [-0.4, -0.2) is 24.9 Å². The lowest BCUT2D eigenvalue weighted by Crippen LogP contribution is -2.45. The highest BCUT2D eigenvalue weighted by Gasteiger charge is 2.26. The lowest BCUT2D eigenvalue weighted by Gasteiger charge is -2.19. The van der Waals surface area contributed by atoms with Crippen LogP contribution in [0.25, 0.3) is 21.8 Å². The van der Waals surface area contributed by atoms with Crippen molar-refractivity contribution in [2.75, 3.05) is 5.32 Å². The van der Waals surface area contributed by atoms with Gasteiger partial charge in [-0.25, -0.2) is 12.8 Å². The van der Waals surface area contributed by atoms with E-state index in [0.29, 0.717) is 5.69 Å². The first kappa shape index (κ1) is 24.7. The van der Waals surface area contributed by atoms with E-state index in [2.05, 4.69) is 27.6 Å². The minimum absolute atomic E-state index is 0.117. The molecule has 1 amide bonds. The highest BCUT2D eigenvalue weighted by Crippen LogP contribution is 2.31. The fourth-order valence-corrected chi connectivity index (χ4v) is 5.80. The number of rotatable bonds is 8. The highest BCUT2D eigenvalue weighted by molar-refractivity contribution is 7.89. The van der Waals surface area contributed by atoms with Crippen molar-refractivity contribution in [3.8, 4) is 0 Å². The van der Waals surface area contributed by atoms with Crippen molar-refractivity contribution in [1.82, 2.24) is 9.29 Å². The summed E-state index contributed by atoms with van der Waals surface area (Å²) in [6.45, 7) is 2.89. The molecule has 0 unspecified atom stereocenters. The SMILES string of the molecule is CCn1c2ccccc2c2cc(NC(=O)[C@H](Cc3ccccc3)NS(=O)(=O)c3ccc(F)cc3)ccc21. The van der Waals surface area contributed by atoms with Gasteiger partial charge in [-0.1, -0.05) is 48.5 Å². The number of hydrogen-bond donors (Lipinski definition) is 2. The van der Waals surface area contributed by atoms with E-state index >= 15 is 0 Å². The maximum absolute atomic E-state index is 13.4. The number of para-hydroxylation sites is 1. The van der Waals surface area contributed by atoms with Gasteiger partial charge >= 0.3 is 0 Å². The fourth-order valence-electron chi connectivity index (χ4n) is 4.61. The molecule has 188 valence electrons. The number of nitrogens with one attached hydrogen (secondary N) is 2. The third-order valence-electron chi connectivity index (χ3n) is 6.38. The number of fused-ring (bicyclic) bond motifs is 3. The van der Waals surface area contributed by atoms with Crippen LogP contribution in [0.3, 0.4) is 0 Å². The van der Waals surface area contributed by atoms with E-state index in [1.165, 1.54) is 12.1 Å². The summed E-state index contributed by atoms with van der Waals surface area (Å²) in [5, 5.41) is 4.97. The van der Waals surface area contributed by atoms with Crippen LogP contribution in [0.1, 0.15) is 12.5 Å². The number of anilines is 1. The maximum Gasteiger partial charge on any atom is 0.242 e. The number of sulfonamides is 1. The van der Waals surface area contributed by atoms with Crippen LogP contribution in [0.5, 0.6) is 0 Å². The molecular formula is C29H26FN3O3S. The summed E-state index contributed by atoms with van der Waals surface area (Å²) < 4.78 is 44.2. The molecule has 5 aromatic rings. The molecule has 0 aliphatic carbocycles. The van der Waals surface area contributed by atoms with Gasteiger partial charge in [-0.3, -0.25) is 4.79 Å². The van der Waals surface area contributed by atoms with Crippen molar-refractivity contribution in [2.45, 2.75) is 30.8 Å². The van der Waals surface area contributed by atoms with Gasteiger partial charge in [0.05, 0.1) is 4.90 Å². The quantitative estimate of drug-likeness (QED) is 0.287. The normalized spacial score (nSPS) is 12.6. The largest absolute Gasteiger partial charge is 0.341 e. The molecule has 5 rings (SSSR count). The second kappa shape index (κ2) is 10.2. The predicted molar refractivity (Wildman–Crippen MR) is 144 cm³/mol. The monoisotopic (exact) mass is 515 g/mol. The summed E-state index contributed by atoms with van der Waals surface area (Å²) in [5.74, 6) is -1.04. The Morgan fingerprint density at radius 3 is 2.27 bits per heavy atom. The molecule has 2 N–H and O–H groups in total. The Hall–Kier alpha value is -4.01. The highest BCUT2D eigenvalue weighted by atomic mass is 32.2. The number of aryl methyl sites for hydroxylation is 1. The smallest absolute Gasteiger partial charge is 0.242 e. The molecular weight excluding hydrogens is 489 g/mol. The van der Waals surface area contributed by atoms with Gasteiger partial charge in [0.2, 0.25) is 15.9 Å². The Balaban J connectivity index is 1.46. The van der Waals surface area contributed by atoms with E-state index in [0.717, 1.165) is 46.0 Å². The standard InChI is InChI=1S/C29H26FN3O3S/c1-2-33-27-11-7-6-10-24(27)25-19-22(14-17-28(25)33)31-29(34)26(18-20-8-4-3-5-9-20)32-37(35,36)23-15-12-21(30)13-16-23/h3-17,19,26,32H,2,18H2,1H3,(H,31,34)/t26-/m0/s1. The van der Waals surface area contributed by atoms with Crippen molar-refractivity contribution >= 4 is 43.4 Å². The van der Waals surface area contributed by atoms with E-state index in [1.807, 2.05) is 66.7 Å². The van der Waals surface area contributed by atoms with E-state index in [9.17, 15) is 17.6 Å². The third kappa shape index (κ3) is 5.12. The van der Waals surface area contributed by atoms with Gasteiger partial charge in [-0.2, -0.15) is 4.72 Å². The zero-order chi connectivity index (χ0) is 26.0. The molecule has 37 heavy (non-hydrogen) atoms. The van der Waals surface area contributed by atoms with Crippen LogP contribution in [0.2, 0.25) is 0 Å². The predicted octanol–water partition coefficient (Wildman–Crippen LogP) is 5.48. The van der Waals surface area contributed by atoms with E-state index in [4.69, 9.17) is 0 Å². The van der Waals surface area contributed by atoms with Crippen LogP contribution >= 0.6 is 0 Å². The van der Waals surface area contributed by atoms with Crippen LogP contribution in [-0.2, 0) is 27.8 Å². The summed E-state index contributed by atoms with van der Waals surface area (Å²) in [6.07, 6.45) is 0.143. The zero-order valence-corrected chi connectivity index (χ0v) is 21.0. The van der Waals surface area contributed by atoms with Gasteiger partial charge in [-0.05, 0) is 67.4 Å². The number of halogens is 1. The van der Waals surface area contributed by atoms with Crippen molar-refractivity contribution in [2.24, 2.45) is 0 Å².